The Morgan fingerprint density at radius 3 is 2.73 bits per heavy atom. The molecule has 0 aromatic rings. The summed E-state index contributed by atoms with van der Waals surface area (Å²) < 4.78 is 0. The third-order valence-electron chi connectivity index (χ3n) is 2.53. The van der Waals surface area contributed by atoms with Crippen LogP contribution in [0.1, 0.15) is 39.5 Å². The first-order valence-electron chi connectivity index (χ1n) is 5.67. The number of thioether (sulfide) groups is 1. The van der Waals surface area contributed by atoms with Crippen LogP contribution in [-0.4, -0.2) is 22.4 Å². The molecule has 2 atom stereocenters. The third-order valence-corrected chi connectivity index (χ3v) is 4.27. The largest absolute Gasteiger partial charge is 0.343 e. The molecule has 0 spiro atoms. The van der Waals surface area contributed by atoms with Crippen LogP contribution < -0.4 is 5.32 Å². The van der Waals surface area contributed by atoms with E-state index in [0.717, 1.165) is 18.6 Å². The van der Waals surface area contributed by atoms with Gasteiger partial charge in [0.15, 0.2) is 0 Å². The first kappa shape index (κ1) is 13.2. The van der Waals surface area contributed by atoms with E-state index in [9.17, 15) is 4.79 Å². The number of alkyl halides is 1. The summed E-state index contributed by atoms with van der Waals surface area (Å²) in [6.45, 7) is 4.23. The van der Waals surface area contributed by atoms with E-state index in [1.165, 1.54) is 24.6 Å². The van der Waals surface area contributed by atoms with Gasteiger partial charge in [0.25, 0.3) is 5.24 Å². The summed E-state index contributed by atoms with van der Waals surface area (Å²) in [7, 11) is 0. The quantitative estimate of drug-likeness (QED) is 0.774. The average Bonchev–Trinajstić information content (AvgIpc) is 2.18. The lowest BCUT2D eigenvalue weighted by Gasteiger charge is -2.27. The lowest BCUT2D eigenvalue weighted by molar-refractivity contribution is 0.253. The smallest absolute Gasteiger partial charge is 0.279 e. The Morgan fingerprint density at radius 2 is 2.13 bits per heavy atom. The molecule has 0 aromatic carbocycles. The van der Waals surface area contributed by atoms with Crippen molar-refractivity contribution in [3.05, 3.63) is 0 Å². The average molecular weight is 250 g/mol. The van der Waals surface area contributed by atoms with Gasteiger partial charge in [0.2, 0.25) is 0 Å². The maximum absolute atomic E-state index is 11.6. The standard InChI is InChI=1S/C11H20ClNOS/c1-8(2)7-15-11(14)13-10-6-4-3-5-9(10)12/h8-10H,3-7H2,1-2H3,(H,13,14)/t9-,10?/m0/s1. The van der Waals surface area contributed by atoms with Gasteiger partial charge in [-0.25, -0.2) is 0 Å². The fourth-order valence-corrected chi connectivity index (χ4v) is 2.75. The molecule has 0 radical (unpaired) electrons. The third kappa shape index (κ3) is 5.12. The van der Waals surface area contributed by atoms with Crippen molar-refractivity contribution in [3.8, 4) is 0 Å². The number of carbonyl (C=O) groups excluding carboxylic acids is 1. The molecule has 0 heterocycles. The van der Waals surface area contributed by atoms with Crippen molar-refractivity contribution in [2.75, 3.05) is 5.75 Å². The predicted octanol–water partition coefficient (Wildman–Crippen LogP) is 3.64. The summed E-state index contributed by atoms with van der Waals surface area (Å²) >= 11 is 7.54. The van der Waals surface area contributed by atoms with Crippen LogP contribution in [0.2, 0.25) is 0 Å². The van der Waals surface area contributed by atoms with Crippen molar-refractivity contribution >= 4 is 28.6 Å². The van der Waals surface area contributed by atoms with Crippen LogP contribution in [0.3, 0.4) is 0 Å². The number of carbonyl (C=O) groups is 1. The first-order chi connectivity index (χ1) is 7.09. The highest BCUT2D eigenvalue weighted by molar-refractivity contribution is 8.13. The Balaban J connectivity index is 2.24. The van der Waals surface area contributed by atoms with Gasteiger partial charge in [0, 0.05) is 11.8 Å². The summed E-state index contributed by atoms with van der Waals surface area (Å²) in [5, 5.41) is 3.23. The van der Waals surface area contributed by atoms with Crippen molar-refractivity contribution in [2.24, 2.45) is 5.92 Å². The minimum absolute atomic E-state index is 0.0845. The zero-order valence-electron chi connectivity index (χ0n) is 9.46. The SMILES string of the molecule is CC(C)CSC(=O)NC1CCCC[C@@H]1Cl. The number of amides is 1. The van der Waals surface area contributed by atoms with Crippen LogP contribution in [0.15, 0.2) is 0 Å². The first-order valence-corrected chi connectivity index (χ1v) is 7.09. The van der Waals surface area contributed by atoms with E-state index >= 15 is 0 Å². The molecule has 1 rings (SSSR count). The maximum atomic E-state index is 11.6. The van der Waals surface area contributed by atoms with E-state index in [4.69, 9.17) is 11.6 Å². The number of rotatable bonds is 3. The fourth-order valence-electron chi connectivity index (χ4n) is 1.68. The summed E-state index contributed by atoms with van der Waals surface area (Å²) in [5.41, 5.74) is 0. The van der Waals surface area contributed by atoms with Gasteiger partial charge in [-0.3, -0.25) is 4.79 Å². The Morgan fingerprint density at radius 1 is 1.47 bits per heavy atom. The summed E-state index contributed by atoms with van der Waals surface area (Å²) in [6.07, 6.45) is 4.44. The van der Waals surface area contributed by atoms with E-state index in [2.05, 4.69) is 19.2 Å². The molecular formula is C11H20ClNOS. The molecule has 0 saturated heterocycles. The Labute approximate surface area is 102 Å². The maximum Gasteiger partial charge on any atom is 0.279 e. The van der Waals surface area contributed by atoms with Gasteiger partial charge in [-0.2, -0.15) is 0 Å². The monoisotopic (exact) mass is 249 g/mol. The van der Waals surface area contributed by atoms with E-state index in [-0.39, 0.29) is 16.7 Å². The van der Waals surface area contributed by atoms with Gasteiger partial charge in [0.05, 0.1) is 5.38 Å². The van der Waals surface area contributed by atoms with Crippen molar-refractivity contribution in [1.82, 2.24) is 5.32 Å². The number of halogens is 1. The minimum atomic E-state index is 0.0845. The summed E-state index contributed by atoms with van der Waals surface area (Å²) in [4.78, 5) is 11.6. The van der Waals surface area contributed by atoms with Crippen LogP contribution in [0.4, 0.5) is 4.79 Å². The van der Waals surface area contributed by atoms with Crippen LogP contribution in [0.5, 0.6) is 0 Å². The van der Waals surface area contributed by atoms with Gasteiger partial charge in [-0.15, -0.1) is 11.6 Å². The molecule has 0 aliphatic heterocycles. The minimum Gasteiger partial charge on any atom is -0.343 e. The van der Waals surface area contributed by atoms with E-state index in [0.29, 0.717) is 5.92 Å². The highest BCUT2D eigenvalue weighted by Gasteiger charge is 2.24. The lowest BCUT2D eigenvalue weighted by atomic mass is 9.95. The Hall–Kier alpha value is 0.110. The van der Waals surface area contributed by atoms with Crippen LogP contribution in [0, 0.1) is 5.92 Å². The molecule has 1 amide bonds. The second-order valence-electron chi connectivity index (χ2n) is 4.54. The van der Waals surface area contributed by atoms with Crippen molar-refractivity contribution < 1.29 is 4.79 Å². The zero-order valence-corrected chi connectivity index (χ0v) is 11.0. The molecule has 2 nitrogen and oxygen atoms in total. The number of hydrogen-bond donors (Lipinski definition) is 1. The van der Waals surface area contributed by atoms with Gasteiger partial charge < -0.3 is 5.32 Å². The second-order valence-corrected chi connectivity index (χ2v) is 6.10. The molecule has 1 fully saturated rings. The molecule has 15 heavy (non-hydrogen) atoms. The van der Waals surface area contributed by atoms with Gasteiger partial charge in [0.1, 0.15) is 0 Å². The molecule has 1 N–H and O–H groups in total. The van der Waals surface area contributed by atoms with Gasteiger partial charge >= 0.3 is 0 Å². The second kappa shape index (κ2) is 6.64. The van der Waals surface area contributed by atoms with E-state index in [1.54, 1.807) is 0 Å². The molecule has 88 valence electrons. The van der Waals surface area contributed by atoms with Crippen LogP contribution in [0.25, 0.3) is 0 Å². The zero-order chi connectivity index (χ0) is 11.3. The van der Waals surface area contributed by atoms with Crippen LogP contribution >= 0.6 is 23.4 Å². The van der Waals surface area contributed by atoms with E-state index in [1.807, 2.05) is 0 Å². The number of hydrogen-bond acceptors (Lipinski definition) is 2. The molecular weight excluding hydrogens is 230 g/mol. The lowest BCUT2D eigenvalue weighted by Crippen LogP contribution is -2.41. The summed E-state index contributed by atoms with van der Waals surface area (Å²) in [5.74, 6) is 1.44. The molecule has 4 heteroatoms. The molecule has 1 aliphatic carbocycles. The number of nitrogens with one attached hydrogen (secondary N) is 1. The highest BCUT2D eigenvalue weighted by atomic mass is 35.5. The van der Waals surface area contributed by atoms with Gasteiger partial charge in [-0.1, -0.05) is 38.5 Å². The predicted molar refractivity (Wildman–Crippen MR) is 67.7 cm³/mol. The topological polar surface area (TPSA) is 29.1 Å². The molecule has 1 unspecified atom stereocenters. The van der Waals surface area contributed by atoms with Crippen LogP contribution in [-0.2, 0) is 0 Å². The molecule has 0 aromatic heterocycles. The highest BCUT2D eigenvalue weighted by Crippen LogP contribution is 2.23. The molecule has 1 saturated carbocycles. The normalized spacial score (nSPS) is 26.7. The fraction of sp³-hybridized carbons (Fsp3) is 0.909. The van der Waals surface area contributed by atoms with Gasteiger partial charge in [-0.05, 0) is 18.8 Å². The molecule has 0 bridgehead atoms. The molecule has 1 aliphatic rings. The van der Waals surface area contributed by atoms with Crippen molar-refractivity contribution in [1.29, 1.82) is 0 Å². The Kier molecular flexibility index (Phi) is 5.83. The van der Waals surface area contributed by atoms with E-state index < -0.39 is 0 Å². The Bertz CT molecular complexity index is 211. The van der Waals surface area contributed by atoms with Crippen molar-refractivity contribution in [2.45, 2.75) is 50.9 Å². The van der Waals surface area contributed by atoms with Crippen molar-refractivity contribution in [3.63, 3.8) is 0 Å². The summed E-state index contributed by atoms with van der Waals surface area (Å²) in [6, 6.07) is 0.188.